The molecule has 21 heteroatoms. The van der Waals surface area contributed by atoms with Gasteiger partial charge in [-0.05, 0) is 0 Å². The van der Waals surface area contributed by atoms with Gasteiger partial charge >= 0.3 is 250 Å². The third-order valence-corrected chi connectivity index (χ3v) is 0. The van der Waals surface area contributed by atoms with Crippen molar-refractivity contribution in [2.45, 2.75) is 0 Å². The Morgan fingerprint density at radius 1 is 0.286 bits per heavy atom. The van der Waals surface area contributed by atoms with Crippen LogP contribution in [-0.4, -0.2) is 277 Å². The van der Waals surface area contributed by atoms with Gasteiger partial charge < -0.3 is 84.7 Å². The Morgan fingerprint density at radius 2 is 0.286 bits per heavy atom. The third kappa shape index (κ3) is 281. The zero-order valence-electron chi connectivity index (χ0n) is 10.6. The van der Waals surface area contributed by atoms with Crippen LogP contribution in [0.2, 0.25) is 0 Å². The second kappa shape index (κ2) is 30.6. The molecule has 0 radical (unpaired) electrons. The number of hydrogen-bond acceptors (Lipinski definition) is 12. The Bertz CT molecular complexity index is 110. The minimum absolute atomic E-state index is 0. The summed E-state index contributed by atoms with van der Waals surface area (Å²) in [6.07, 6.45) is 0. The Hall–Kier alpha value is 8.39. The van der Waals surface area contributed by atoms with Gasteiger partial charge in [0.1, 0.15) is 0 Å². The minimum atomic E-state index is -5.61. The molecule has 96 valence electrons. The molecular weight excluding hydrogens is 659 g/mol. The van der Waals surface area contributed by atoms with Gasteiger partial charge in [0.05, 0.1) is 0 Å². The van der Waals surface area contributed by atoms with Gasteiger partial charge in [-0.25, -0.2) is 0 Å². The first kappa shape index (κ1) is 57.0. The van der Waals surface area contributed by atoms with Gasteiger partial charge in [-0.3, -0.25) is 0 Å². The molecule has 0 spiro atoms. The van der Waals surface area contributed by atoms with Crippen molar-refractivity contribution in [3.05, 3.63) is 0 Å². The second-order valence-electron chi connectivity index (χ2n) is 1.50. The summed E-state index contributed by atoms with van der Waals surface area (Å²) in [5.41, 5.74) is 0. The van der Waals surface area contributed by atoms with Gasteiger partial charge in [-0.15, -0.1) is 0 Å². The van der Waals surface area contributed by atoms with Gasteiger partial charge in [0, 0.05) is 0 Å². The normalized spacial score (nSPS) is 8.57. The van der Waals surface area contributed by atoms with Gasteiger partial charge in [0.25, 0.3) is 0 Å². The van der Waals surface area contributed by atoms with E-state index >= 15 is 0 Å². The average molecular weight is 659 g/mol. The number of hydrogen-bond donors (Lipinski definition) is 0. The van der Waals surface area contributed by atoms with Crippen molar-refractivity contribution in [3.8, 4) is 0 Å². The molecule has 0 N–H and O–H groups in total. The summed E-state index contributed by atoms with van der Waals surface area (Å²) < 4.78 is 0. The topological polar surface area (TPSA) is 277 Å². The molecule has 0 bridgehead atoms. The Labute approximate surface area is 324 Å². The first-order valence-corrected chi connectivity index (χ1v) is 7.35. The van der Waals surface area contributed by atoms with Crippen LogP contribution in [0.1, 0.15) is 0 Å². The molecule has 0 fully saturated rings. The van der Waals surface area contributed by atoms with Crippen molar-refractivity contribution < 1.29 is 57.5 Å². The molecule has 0 aliphatic heterocycles. The summed E-state index contributed by atoms with van der Waals surface area (Å²) >= 11 is 0. The quantitative estimate of drug-likeness (QED) is 0.219. The largest absolute Gasteiger partial charge is 2.00 e. The molecule has 0 atom stereocenters. The molecule has 0 unspecified atom stereocenters. The molecule has 0 aliphatic rings. The molecule has 0 amide bonds. The Balaban J connectivity index is -0.0000000129. The fourth-order valence-corrected chi connectivity index (χ4v) is 0. The van der Waals surface area contributed by atoms with Crippen LogP contribution >= 0.6 is 0 Å². The first-order chi connectivity index (χ1) is 6.00. The van der Waals surface area contributed by atoms with Crippen LogP contribution in [-0.2, 0) is 0 Å². The predicted octanol–water partition coefficient (Wildman–Crippen LogP) is -17.7. The van der Waals surface area contributed by atoms with Crippen molar-refractivity contribution in [2.24, 2.45) is 0 Å². The average Bonchev–Trinajstić information content (AvgIpc) is 1.41. The van der Waals surface area contributed by atoms with E-state index < -0.39 is 27.1 Å². The van der Waals surface area contributed by atoms with E-state index in [1.165, 1.54) is 0 Å². The van der Waals surface area contributed by atoms with Crippen LogP contribution in [0, 0.1) is 0 Å². The summed E-state index contributed by atoms with van der Waals surface area (Å²) in [5.74, 6) is 0. The monoisotopic (exact) mass is 659 g/mol. The van der Waals surface area contributed by atoms with Gasteiger partial charge in [-0.2, -0.15) is 0 Å². The molecule has 0 rings (SSSR count). The molecule has 0 aromatic rings. The van der Waals surface area contributed by atoms with Crippen LogP contribution in [0.15, 0.2) is 0 Å². The molecule has 12 nitrogen and oxygen atoms in total. The van der Waals surface area contributed by atoms with Crippen molar-refractivity contribution in [2.75, 3.05) is 0 Å². The maximum Gasteiger partial charge on any atom is 2.00 e. The SMILES string of the molecule is [Ca+2].[Ca+2].[Ca+2].[O-][Si]([O-])([O-])[O-].[O-][Si]([O-])([O-])[O-].[O-][Si]([O-])([O-])[O-].[Sr+2].[Sr+2].[Sr+2]. The van der Waals surface area contributed by atoms with E-state index in [0.29, 0.717) is 0 Å². The minimum Gasteiger partial charge on any atom is -0.894 e. The maximum absolute atomic E-state index is 8.58. The van der Waals surface area contributed by atoms with E-state index in [9.17, 15) is 0 Å². The van der Waals surface area contributed by atoms with Gasteiger partial charge in [-0.1, -0.05) is 0 Å². The van der Waals surface area contributed by atoms with Gasteiger partial charge in [0.2, 0.25) is 0 Å². The maximum atomic E-state index is 8.58. The van der Waals surface area contributed by atoms with Crippen LogP contribution in [0.5, 0.6) is 0 Å². The van der Waals surface area contributed by atoms with E-state index in [4.69, 9.17) is 57.5 Å². The second-order valence-corrected chi connectivity index (χ2v) is 4.50. The van der Waals surface area contributed by atoms with E-state index in [1.54, 1.807) is 0 Å². The van der Waals surface area contributed by atoms with Crippen molar-refractivity contribution >= 4 is 277 Å². The van der Waals surface area contributed by atoms with E-state index in [2.05, 4.69) is 0 Å². The summed E-state index contributed by atoms with van der Waals surface area (Å²) in [7, 11) is -16.8. The van der Waals surface area contributed by atoms with E-state index in [-0.39, 0.29) is 250 Å². The summed E-state index contributed by atoms with van der Waals surface area (Å²) in [6.45, 7) is 0. The molecule has 0 aliphatic carbocycles. The molecule has 0 aromatic carbocycles. The molecular formula is Ca3O12Si3Sr3. The first-order valence-electron chi connectivity index (χ1n) is 2.45. The fraction of sp³-hybridized carbons (Fsp3) is 0. The molecule has 0 saturated heterocycles. The third-order valence-electron chi connectivity index (χ3n) is 0. The van der Waals surface area contributed by atoms with Gasteiger partial charge in [0.15, 0.2) is 0 Å². The Kier molecular flexibility index (Phi) is 83.0. The van der Waals surface area contributed by atoms with Crippen LogP contribution in [0.3, 0.4) is 0 Å². The predicted molar refractivity (Wildman–Crippen MR) is 51.8 cm³/mol. The zero-order chi connectivity index (χ0) is 13.5. The fourth-order valence-electron chi connectivity index (χ4n) is 0. The molecule has 0 aromatic heterocycles. The van der Waals surface area contributed by atoms with E-state index in [1.807, 2.05) is 0 Å². The van der Waals surface area contributed by atoms with Crippen molar-refractivity contribution in [3.63, 3.8) is 0 Å². The standard InChI is InChI=1S/3Ca.3O4Si.3Sr/c;;;3*1-5(2,3)4;;;/q3*+2;3*-4;3*+2. The van der Waals surface area contributed by atoms with Crippen molar-refractivity contribution in [1.82, 2.24) is 0 Å². The van der Waals surface area contributed by atoms with E-state index in [0.717, 1.165) is 0 Å². The molecule has 0 saturated carbocycles. The van der Waals surface area contributed by atoms with Crippen LogP contribution in [0.4, 0.5) is 0 Å². The zero-order valence-corrected chi connectivity index (χ0v) is 30.7. The smallest absolute Gasteiger partial charge is 0.894 e. The Morgan fingerprint density at radius 3 is 0.286 bits per heavy atom. The molecule has 0 heterocycles. The summed E-state index contributed by atoms with van der Waals surface area (Å²) in [6, 6.07) is 0. The van der Waals surface area contributed by atoms with Crippen molar-refractivity contribution in [1.29, 1.82) is 0 Å². The number of rotatable bonds is 0. The van der Waals surface area contributed by atoms with Crippen LogP contribution in [0.25, 0.3) is 0 Å². The summed E-state index contributed by atoms with van der Waals surface area (Å²) in [4.78, 5) is 103. The summed E-state index contributed by atoms with van der Waals surface area (Å²) in [5, 5.41) is 0. The van der Waals surface area contributed by atoms with Crippen LogP contribution < -0.4 is 57.5 Å². The molecule has 21 heavy (non-hydrogen) atoms.